The summed E-state index contributed by atoms with van der Waals surface area (Å²) in [6.45, 7) is 5.98. The van der Waals surface area contributed by atoms with Gasteiger partial charge in [-0.15, -0.1) is 0 Å². The van der Waals surface area contributed by atoms with Gasteiger partial charge in [-0.1, -0.05) is 6.92 Å². The third kappa shape index (κ3) is 3.25. The van der Waals surface area contributed by atoms with Crippen LogP contribution >= 0.6 is 0 Å². The molecular formula is C15H23N3O. The molecule has 104 valence electrons. The summed E-state index contributed by atoms with van der Waals surface area (Å²) < 4.78 is 0. The second-order valence-electron chi connectivity index (χ2n) is 5.19. The predicted octanol–water partition coefficient (Wildman–Crippen LogP) is 2.92. The van der Waals surface area contributed by atoms with Gasteiger partial charge in [-0.3, -0.25) is 9.78 Å². The lowest BCUT2D eigenvalue weighted by Crippen LogP contribution is -2.42. The van der Waals surface area contributed by atoms with Crippen molar-refractivity contribution in [2.75, 3.05) is 18.4 Å². The standard InChI is InChI=1S/C15H23N3O/c1-3-8-17-14-7-9-16-11-13(14)15(19)18-10-5-4-6-12(18)2/h7,9,11-12H,3-6,8,10H2,1-2H3,(H,16,17). The van der Waals surface area contributed by atoms with Crippen LogP contribution in [-0.4, -0.2) is 34.9 Å². The van der Waals surface area contributed by atoms with Crippen LogP contribution < -0.4 is 5.32 Å². The van der Waals surface area contributed by atoms with Crippen molar-refractivity contribution in [3.8, 4) is 0 Å². The second kappa shape index (κ2) is 6.55. The van der Waals surface area contributed by atoms with Gasteiger partial charge in [0.2, 0.25) is 0 Å². The lowest BCUT2D eigenvalue weighted by atomic mass is 10.0. The molecule has 2 rings (SSSR count). The van der Waals surface area contributed by atoms with E-state index in [4.69, 9.17) is 0 Å². The molecule has 1 atom stereocenters. The number of anilines is 1. The van der Waals surface area contributed by atoms with Gasteiger partial charge in [-0.2, -0.15) is 0 Å². The Hall–Kier alpha value is -1.58. The number of pyridine rings is 1. The number of rotatable bonds is 4. The molecule has 19 heavy (non-hydrogen) atoms. The molecule has 1 N–H and O–H groups in total. The maximum absolute atomic E-state index is 12.6. The van der Waals surface area contributed by atoms with Gasteiger partial charge in [-0.05, 0) is 38.7 Å². The first-order valence-corrected chi connectivity index (χ1v) is 7.23. The van der Waals surface area contributed by atoms with E-state index in [1.807, 2.05) is 11.0 Å². The fourth-order valence-corrected chi connectivity index (χ4v) is 2.53. The van der Waals surface area contributed by atoms with Gasteiger partial charge < -0.3 is 10.2 Å². The summed E-state index contributed by atoms with van der Waals surface area (Å²) in [6.07, 6.45) is 7.88. The summed E-state index contributed by atoms with van der Waals surface area (Å²) in [6, 6.07) is 2.22. The Morgan fingerprint density at radius 2 is 2.37 bits per heavy atom. The molecule has 0 aromatic carbocycles. The third-order valence-corrected chi connectivity index (χ3v) is 3.68. The van der Waals surface area contributed by atoms with E-state index in [9.17, 15) is 4.79 Å². The van der Waals surface area contributed by atoms with Crippen LogP contribution in [0.25, 0.3) is 0 Å². The predicted molar refractivity (Wildman–Crippen MR) is 77.4 cm³/mol. The molecular weight excluding hydrogens is 238 g/mol. The minimum absolute atomic E-state index is 0.110. The number of nitrogens with zero attached hydrogens (tertiary/aromatic N) is 2. The molecule has 0 bridgehead atoms. The molecule has 4 nitrogen and oxygen atoms in total. The van der Waals surface area contributed by atoms with Crippen molar-refractivity contribution in [1.82, 2.24) is 9.88 Å². The van der Waals surface area contributed by atoms with Crippen molar-refractivity contribution in [3.63, 3.8) is 0 Å². The molecule has 1 fully saturated rings. The normalized spacial score (nSPS) is 19.3. The summed E-state index contributed by atoms with van der Waals surface area (Å²) in [4.78, 5) is 18.7. The van der Waals surface area contributed by atoms with E-state index in [1.54, 1.807) is 12.4 Å². The lowest BCUT2D eigenvalue weighted by Gasteiger charge is -2.33. The van der Waals surface area contributed by atoms with Crippen LogP contribution in [0, 0.1) is 0 Å². The molecule has 4 heteroatoms. The van der Waals surface area contributed by atoms with Gasteiger partial charge in [-0.25, -0.2) is 0 Å². The molecule has 2 heterocycles. The first kappa shape index (κ1) is 13.8. The average molecular weight is 261 g/mol. The van der Waals surface area contributed by atoms with E-state index in [1.165, 1.54) is 6.42 Å². The number of carbonyl (C=O) groups is 1. The molecule has 0 saturated carbocycles. The lowest BCUT2D eigenvalue weighted by molar-refractivity contribution is 0.0636. The summed E-state index contributed by atoms with van der Waals surface area (Å²) in [7, 11) is 0. The third-order valence-electron chi connectivity index (χ3n) is 3.68. The number of hydrogen-bond donors (Lipinski definition) is 1. The van der Waals surface area contributed by atoms with Crippen LogP contribution in [0.5, 0.6) is 0 Å². The van der Waals surface area contributed by atoms with Crippen LogP contribution in [0.2, 0.25) is 0 Å². The molecule has 1 aromatic rings. The smallest absolute Gasteiger partial charge is 0.257 e. The average Bonchev–Trinajstić information content (AvgIpc) is 2.45. The zero-order valence-corrected chi connectivity index (χ0v) is 11.9. The highest BCUT2D eigenvalue weighted by Crippen LogP contribution is 2.22. The maximum Gasteiger partial charge on any atom is 0.257 e. The van der Waals surface area contributed by atoms with Crippen LogP contribution in [0.4, 0.5) is 5.69 Å². The number of amides is 1. The van der Waals surface area contributed by atoms with Crippen LogP contribution in [0.15, 0.2) is 18.5 Å². The highest BCUT2D eigenvalue weighted by atomic mass is 16.2. The van der Waals surface area contributed by atoms with Crippen LogP contribution in [-0.2, 0) is 0 Å². The van der Waals surface area contributed by atoms with Gasteiger partial charge in [0, 0.05) is 31.5 Å². The Morgan fingerprint density at radius 3 is 3.11 bits per heavy atom. The summed E-state index contributed by atoms with van der Waals surface area (Å²) >= 11 is 0. The fraction of sp³-hybridized carbons (Fsp3) is 0.600. The first-order valence-electron chi connectivity index (χ1n) is 7.23. The summed E-state index contributed by atoms with van der Waals surface area (Å²) in [5, 5.41) is 3.31. The van der Waals surface area contributed by atoms with E-state index in [2.05, 4.69) is 24.1 Å². The molecule has 1 aromatic heterocycles. The van der Waals surface area contributed by atoms with Gasteiger partial charge >= 0.3 is 0 Å². The number of nitrogens with one attached hydrogen (secondary N) is 1. The number of likely N-dealkylation sites (tertiary alicyclic amines) is 1. The maximum atomic E-state index is 12.6. The Balaban J connectivity index is 2.17. The minimum Gasteiger partial charge on any atom is -0.384 e. The largest absolute Gasteiger partial charge is 0.384 e. The number of piperidine rings is 1. The fourth-order valence-electron chi connectivity index (χ4n) is 2.53. The van der Waals surface area contributed by atoms with E-state index in [0.717, 1.165) is 38.0 Å². The molecule has 1 unspecified atom stereocenters. The van der Waals surface area contributed by atoms with E-state index in [0.29, 0.717) is 11.6 Å². The van der Waals surface area contributed by atoms with Gasteiger partial charge in [0.05, 0.1) is 11.3 Å². The molecule has 1 amide bonds. The van der Waals surface area contributed by atoms with Gasteiger partial charge in [0.15, 0.2) is 0 Å². The van der Waals surface area contributed by atoms with E-state index in [-0.39, 0.29) is 5.91 Å². The SMILES string of the molecule is CCCNc1ccncc1C(=O)N1CCCCC1C. The van der Waals surface area contributed by atoms with Crippen molar-refractivity contribution in [1.29, 1.82) is 0 Å². The Bertz CT molecular complexity index is 433. The van der Waals surface area contributed by atoms with Crippen molar-refractivity contribution >= 4 is 11.6 Å². The monoisotopic (exact) mass is 261 g/mol. The second-order valence-corrected chi connectivity index (χ2v) is 5.19. The van der Waals surface area contributed by atoms with Gasteiger partial charge in [0.1, 0.15) is 0 Å². The Labute approximate surface area is 115 Å². The number of hydrogen-bond acceptors (Lipinski definition) is 3. The van der Waals surface area contributed by atoms with Crippen molar-refractivity contribution in [2.45, 2.75) is 45.6 Å². The summed E-state index contributed by atoms with van der Waals surface area (Å²) in [5.74, 6) is 0.110. The van der Waals surface area contributed by atoms with Crippen molar-refractivity contribution < 1.29 is 4.79 Å². The quantitative estimate of drug-likeness (QED) is 0.906. The zero-order chi connectivity index (χ0) is 13.7. The van der Waals surface area contributed by atoms with Gasteiger partial charge in [0.25, 0.3) is 5.91 Å². The van der Waals surface area contributed by atoms with Crippen molar-refractivity contribution in [3.05, 3.63) is 24.0 Å². The molecule has 1 aliphatic heterocycles. The molecule has 1 aliphatic rings. The van der Waals surface area contributed by atoms with E-state index >= 15 is 0 Å². The Kier molecular flexibility index (Phi) is 4.77. The Morgan fingerprint density at radius 1 is 1.53 bits per heavy atom. The number of carbonyl (C=O) groups excluding carboxylic acids is 1. The summed E-state index contributed by atoms with van der Waals surface area (Å²) in [5.41, 5.74) is 1.60. The van der Waals surface area contributed by atoms with Crippen LogP contribution in [0.3, 0.4) is 0 Å². The molecule has 1 saturated heterocycles. The highest BCUT2D eigenvalue weighted by Gasteiger charge is 2.25. The zero-order valence-electron chi connectivity index (χ0n) is 11.9. The molecule has 0 aliphatic carbocycles. The first-order chi connectivity index (χ1) is 9.24. The topological polar surface area (TPSA) is 45.2 Å². The molecule has 0 radical (unpaired) electrons. The van der Waals surface area contributed by atoms with E-state index < -0.39 is 0 Å². The number of aromatic nitrogens is 1. The van der Waals surface area contributed by atoms with Crippen LogP contribution in [0.1, 0.15) is 49.9 Å². The highest BCUT2D eigenvalue weighted by molar-refractivity contribution is 5.99. The van der Waals surface area contributed by atoms with Crippen molar-refractivity contribution in [2.24, 2.45) is 0 Å². The minimum atomic E-state index is 0.110. The molecule has 0 spiro atoms.